The molecule has 0 radical (unpaired) electrons. The lowest BCUT2D eigenvalue weighted by atomic mass is 10.1. The molecule has 0 heterocycles. The zero-order chi connectivity index (χ0) is 12.8. The molecule has 0 amide bonds. The minimum absolute atomic E-state index is 0.362. The summed E-state index contributed by atoms with van der Waals surface area (Å²) in [6.45, 7) is 4.00. The first kappa shape index (κ1) is 13.6. The molecule has 0 aromatic heterocycles. The maximum atomic E-state index is 11.2. The molecular weight excluding hydrogens is 240 g/mol. The fourth-order valence-electron chi connectivity index (χ4n) is 1.36. The SMILES string of the molecule is CCOC(=O)/C=C/c1ccc(OC)c(Cl)c1C. The monoisotopic (exact) mass is 254 g/mol. The smallest absolute Gasteiger partial charge is 0.330 e. The van der Waals surface area contributed by atoms with E-state index in [2.05, 4.69) is 0 Å². The van der Waals surface area contributed by atoms with Gasteiger partial charge in [0.1, 0.15) is 5.75 Å². The van der Waals surface area contributed by atoms with E-state index >= 15 is 0 Å². The Morgan fingerprint density at radius 1 is 1.47 bits per heavy atom. The maximum absolute atomic E-state index is 11.2. The molecule has 1 aromatic carbocycles. The molecule has 0 saturated heterocycles. The molecular formula is C13H15ClO3. The lowest BCUT2D eigenvalue weighted by molar-refractivity contribution is -0.137. The van der Waals surface area contributed by atoms with E-state index in [0.717, 1.165) is 11.1 Å². The van der Waals surface area contributed by atoms with Gasteiger partial charge in [0.15, 0.2) is 0 Å². The summed E-state index contributed by atoms with van der Waals surface area (Å²) < 4.78 is 9.89. The van der Waals surface area contributed by atoms with Crippen LogP contribution in [-0.4, -0.2) is 19.7 Å². The van der Waals surface area contributed by atoms with E-state index in [1.54, 1.807) is 26.2 Å². The van der Waals surface area contributed by atoms with Crippen molar-refractivity contribution in [1.82, 2.24) is 0 Å². The largest absolute Gasteiger partial charge is 0.495 e. The Hall–Kier alpha value is -1.48. The van der Waals surface area contributed by atoms with Crippen LogP contribution in [0.15, 0.2) is 18.2 Å². The number of halogens is 1. The van der Waals surface area contributed by atoms with E-state index in [1.165, 1.54) is 6.08 Å². The van der Waals surface area contributed by atoms with Crippen LogP contribution < -0.4 is 4.74 Å². The number of carbonyl (C=O) groups is 1. The highest BCUT2D eigenvalue weighted by Crippen LogP contribution is 2.30. The summed E-state index contributed by atoms with van der Waals surface area (Å²) in [5.41, 5.74) is 1.73. The molecule has 4 heteroatoms. The molecule has 0 spiro atoms. The third kappa shape index (κ3) is 3.49. The van der Waals surface area contributed by atoms with Crippen molar-refractivity contribution in [2.75, 3.05) is 13.7 Å². The third-order valence-corrected chi connectivity index (χ3v) is 2.77. The molecule has 3 nitrogen and oxygen atoms in total. The number of rotatable bonds is 4. The lowest BCUT2D eigenvalue weighted by Gasteiger charge is -2.08. The van der Waals surface area contributed by atoms with Gasteiger partial charge in [0.25, 0.3) is 0 Å². The highest BCUT2D eigenvalue weighted by Gasteiger charge is 2.06. The fourth-order valence-corrected chi connectivity index (χ4v) is 1.61. The van der Waals surface area contributed by atoms with Gasteiger partial charge in [-0.25, -0.2) is 4.79 Å². The zero-order valence-electron chi connectivity index (χ0n) is 10.1. The van der Waals surface area contributed by atoms with Gasteiger partial charge in [0.2, 0.25) is 0 Å². The minimum atomic E-state index is -0.362. The second-order valence-corrected chi connectivity index (χ2v) is 3.76. The van der Waals surface area contributed by atoms with Gasteiger partial charge in [-0.05, 0) is 37.1 Å². The van der Waals surface area contributed by atoms with E-state index in [4.69, 9.17) is 21.1 Å². The summed E-state index contributed by atoms with van der Waals surface area (Å²) in [5.74, 6) is 0.260. The Morgan fingerprint density at radius 3 is 2.76 bits per heavy atom. The van der Waals surface area contributed by atoms with Crippen molar-refractivity contribution >= 4 is 23.6 Å². The van der Waals surface area contributed by atoms with Crippen molar-refractivity contribution in [3.63, 3.8) is 0 Å². The Balaban J connectivity index is 2.93. The van der Waals surface area contributed by atoms with E-state index in [-0.39, 0.29) is 5.97 Å². The van der Waals surface area contributed by atoms with Gasteiger partial charge in [-0.1, -0.05) is 17.7 Å². The number of benzene rings is 1. The van der Waals surface area contributed by atoms with Crippen LogP contribution in [0.1, 0.15) is 18.1 Å². The summed E-state index contributed by atoms with van der Waals surface area (Å²) in [4.78, 5) is 11.2. The van der Waals surface area contributed by atoms with E-state index in [9.17, 15) is 4.79 Å². The Morgan fingerprint density at radius 2 is 2.18 bits per heavy atom. The van der Waals surface area contributed by atoms with Crippen LogP contribution in [0, 0.1) is 6.92 Å². The van der Waals surface area contributed by atoms with Crippen LogP contribution in [0.4, 0.5) is 0 Å². The number of hydrogen-bond donors (Lipinski definition) is 0. The molecule has 0 aliphatic carbocycles. The molecule has 0 aliphatic rings. The fraction of sp³-hybridized carbons (Fsp3) is 0.308. The summed E-state index contributed by atoms with van der Waals surface area (Å²) >= 11 is 6.10. The van der Waals surface area contributed by atoms with Crippen LogP contribution in [0.2, 0.25) is 5.02 Å². The number of esters is 1. The van der Waals surface area contributed by atoms with E-state index in [0.29, 0.717) is 17.4 Å². The number of hydrogen-bond acceptors (Lipinski definition) is 3. The average molecular weight is 255 g/mol. The minimum Gasteiger partial charge on any atom is -0.495 e. The molecule has 0 saturated carbocycles. The van der Waals surface area contributed by atoms with Crippen molar-refractivity contribution < 1.29 is 14.3 Å². The average Bonchev–Trinajstić information content (AvgIpc) is 2.31. The summed E-state index contributed by atoms with van der Waals surface area (Å²) in [6, 6.07) is 3.61. The van der Waals surface area contributed by atoms with Crippen LogP contribution >= 0.6 is 11.6 Å². The highest BCUT2D eigenvalue weighted by atomic mass is 35.5. The predicted octanol–water partition coefficient (Wildman–Crippen LogP) is 3.23. The normalized spacial score (nSPS) is 10.6. The number of methoxy groups -OCH3 is 1. The Kier molecular flexibility index (Phi) is 5.04. The topological polar surface area (TPSA) is 35.5 Å². The van der Waals surface area contributed by atoms with E-state index in [1.807, 2.05) is 13.0 Å². The second kappa shape index (κ2) is 6.30. The lowest BCUT2D eigenvalue weighted by Crippen LogP contribution is -1.98. The summed E-state index contributed by atoms with van der Waals surface area (Å²) in [5, 5.41) is 0.554. The standard InChI is InChI=1S/C13H15ClO3/c1-4-17-12(15)8-6-10-5-7-11(16-3)13(14)9(10)2/h5-8H,4H2,1-3H3/b8-6+. The van der Waals surface area contributed by atoms with E-state index < -0.39 is 0 Å². The van der Waals surface area contributed by atoms with Crippen molar-refractivity contribution in [3.05, 3.63) is 34.4 Å². The van der Waals surface area contributed by atoms with Crippen molar-refractivity contribution in [2.24, 2.45) is 0 Å². The molecule has 1 aromatic rings. The van der Waals surface area contributed by atoms with Crippen LogP contribution in [0.25, 0.3) is 6.08 Å². The highest BCUT2D eigenvalue weighted by molar-refractivity contribution is 6.33. The molecule has 0 unspecified atom stereocenters. The summed E-state index contributed by atoms with van der Waals surface area (Å²) in [7, 11) is 1.56. The summed E-state index contributed by atoms with van der Waals surface area (Å²) in [6.07, 6.45) is 3.06. The molecule has 92 valence electrons. The van der Waals surface area contributed by atoms with Crippen LogP contribution in [0.5, 0.6) is 5.75 Å². The predicted molar refractivity (Wildman–Crippen MR) is 68.4 cm³/mol. The van der Waals surface area contributed by atoms with Gasteiger partial charge >= 0.3 is 5.97 Å². The van der Waals surface area contributed by atoms with Gasteiger partial charge in [-0.2, -0.15) is 0 Å². The Labute approximate surface area is 106 Å². The van der Waals surface area contributed by atoms with Crippen molar-refractivity contribution in [3.8, 4) is 5.75 Å². The van der Waals surface area contributed by atoms with Crippen LogP contribution in [0.3, 0.4) is 0 Å². The van der Waals surface area contributed by atoms with Crippen LogP contribution in [-0.2, 0) is 9.53 Å². The van der Waals surface area contributed by atoms with Gasteiger partial charge < -0.3 is 9.47 Å². The maximum Gasteiger partial charge on any atom is 0.330 e. The zero-order valence-corrected chi connectivity index (χ0v) is 10.9. The quantitative estimate of drug-likeness (QED) is 0.611. The molecule has 0 atom stereocenters. The number of carbonyl (C=O) groups excluding carboxylic acids is 1. The van der Waals surface area contributed by atoms with Crippen molar-refractivity contribution in [1.29, 1.82) is 0 Å². The molecule has 0 N–H and O–H groups in total. The first-order chi connectivity index (χ1) is 8.10. The molecule has 0 bridgehead atoms. The molecule has 0 aliphatic heterocycles. The molecule has 1 rings (SSSR count). The Bertz CT molecular complexity index is 439. The van der Waals surface area contributed by atoms with Crippen molar-refractivity contribution in [2.45, 2.75) is 13.8 Å². The first-order valence-corrected chi connectivity index (χ1v) is 5.65. The van der Waals surface area contributed by atoms with Gasteiger partial charge in [-0.3, -0.25) is 0 Å². The van der Waals surface area contributed by atoms with Gasteiger partial charge in [0, 0.05) is 6.08 Å². The second-order valence-electron chi connectivity index (χ2n) is 3.38. The third-order valence-electron chi connectivity index (χ3n) is 2.30. The van der Waals surface area contributed by atoms with Gasteiger partial charge in [-0.15, -0.1) is 0 Å². The number of ether oxygens (including phenoxy) is 2. The van der Waals surface area contributed by atoms with Gasteiger partial charge in [0.05, 0.1) is 18.7 Å². The molecule has 17 heavy (non-hydrogen) atoms. The molecule has 0 fully saturated rings. The first-order valence-electron chi connectivity index (χ1n) is 5.28.